The number of thioether (sulfide) groups is 1. The SMILES string of the molecule is C#C.Cc1ccc(/C(=C/CCl)SCC2N(C)N=C(c3c(F)cccc3Cl)N2C)cc1. The number of terminal acetylenes is 1. The van der Waals surface area contributed by atoms with Crippen LogP contribution >= 0.6 is 35.0 Å². The Labute approximate surface area is 192 Å². The Balaban J connectivity index is 0.00000155. The monoisotopic (exact) mass is 463 g/mol. The highest BCUT2D eigenvalue weighted by molar-refractivity contribution is 8.08. The number of nitrogens with zero attached hydrogens (tertiary/aromatic N) is 3. The van der Waals surface area contributed by atoms with Crippen LogP contribution in [0.4, 0.5) is 4.39 Å². The second kappa shape index (κ2) is 11.3. The third-order valence-electron chi connectivity index (χ3n) is 4.64. The van der Waals surface area contributed by atoms with Gasteiger partial charge in [0.25, 0.3) is 0 Å². The molecule has 0 aliphatic carbocycles. The van der Waals surface area contributed by atoms with Gasteiger partial charge in [-0.1, -0.05) is 53.6 Å². The molecule has 0 amide bonds. The van der Waals surface area contributed by atoms with Gasteiger partial charge in [-0.2, -0.15) is 5.10 Å². The van der Waals surface area contributed by atoms with Crippen molar-refractivity contribution < 1.29 is 4.39 Å². The van der Waals surface area contributed by atoms with E-state index in [-0.39, 0.29) is 12.0 Å². The van der Waals surface area contributed by atoms with Gasteiger partial charge in [0.05, 0.1) is 10.6 Å². The first-order valence-corrected chi connectivity index (χ1v) is 11.1. The molecule has 3 rings (SSSR count). The van der Waals surface area contributed by atoms with Gasteiger partial charge in [-0.15, -0.1) is 36.2 Å². The standard InChI is InChI=1S/C21H22Cl2FN3S.C2H2/c1-14-7-9-15(10-8-14)18(11-12-22)28-13-19-26(2)21(25-27(19)3)20-16(23)5-4-6-17(20)24;1-2/h4-11,19H,12-13H2,1-3H3;1-2H/b18-11-;. The zero-order valence-corrected chi connectivity index (χ0v) is 19.5. The maximum Gasteiger partial charge on any atom is 0.161 e. The second-order valence-electron chi connectivity index (χ2n) is 6.59. The van der Waals surface area contributed by atoms with Crippen LogP contribution in [0.25, 0.3) is 4.91 Å². The Morgan fingerprint density at radius 1 is 1.20 bits per heavy atom. The van der Waals surface area contributed by atoms with E-state index in [1.807, 2.05) is 30.1 Å². The maximum atomic E-state index is 14.4. The van der Waals surface area contributed by atoms with E-state index >= 15 is 0 Å². The van der Waals surface area contributed by atoms with Crippen LogP contribution in [0, 0.1) is 25.6 Å². The van der Waals surface area contributed by atoms with Gasteiger partial charge in [0.2, 0.25) is 0 Å². The van der Waals surface area contributed by atoms with Crippen LogP contribution in [0.1, 0.15) is 16.7 Å². The van der Waals surface area contributed by atoms with Gasteiger partial charge >= 0.3 is 0 Å². The largest absolute Gasteiger partial charge is 0.335 e. The first-order valence-electron chi connectivity index (χ1n) is 9.20. The Bertz CT molecular complexity index is 921. The van der Waals surface area contributed by atoms with Gasteiger partial charge in [0, 0.05) is 30.6 Å². The summed E-state index contributed by atoms with van der Waals surface area (Å²) < 4.78 is 14.4. The average Bonchev–Trinajstić information content (AvgIpc) is 3.01. The lowest BCUT2D eigenvalue weighted by Gasteiger charge is -2.27. The molecule has 0 saturated heterocycles. The van der Waals surface area contributed by atoms with E-state index in [0.29, 0.717) is 22.3 Å². The lowest BCUT2D eigenvalue weighted by molar-refractivity contribution is 0.204. The summed E-state index contributed by atoms with van der Waals surface area (Å²) in [6.07, 6.45) is 9.99. The molecule has 1 heterocycles. The zero-order valence-electron chi connectivity index (χ0n) is 17.1. The lowest BCUT2D eigenvalue weighted by atomic mass is 10.1. The molecule has 2 aromatic rings. The minimum atomic E-state index is -0.373. The molecule has 1 atom stereocenters. The smallest absolute Gasteiger partial charge is 0.161 e. The van der Waals surface area contributed by atoms with Crippen molar-refractivity contribution in [3.05, 3.63) is 76.1 Å². The fourth-order valence-electron chi connectivity index (χ4n) is 3.05. The number of aryl methyl sites for hydroxylation is 1. The highest BCUT2D eigenvalue weighted by atomic mass is 35.5. The minimum absolute atomic E-state index is 0.0279. The van der Waals surface area contributed by atoms with Crippen molar-refractivity contribution >= 4 is 45.7 Å². The highest BCUT2D eigenvalue weighted by Crippen LogP contribution is 2.32. The third kappa shape index (κ3) is 5.51. The van der Waals surface area contributed by atoms with E-state index in [9.17, 15) is 4.39 Å². The molecule has 0 N–H and O–H groups in total. The molecule has 0 fully saturated rings. The molecule has 3 nitrogen and oxygen atoms in total. The summed E-state index contributed by atoms with van der Waals surface area (Å²) in [6.45, 7) is 2.07. The van der Waals surface area contributed by atoms with Crippen molar-refractivity contribution in [2.45, 2.75) is 13.1 Å². The van der Waals surface area contributed by atoms with Crippen LogP contribution in [0.3, 0.4) is 0 Å². The third-order valence-corrected chi connectivity index (χ3v) is 6.29. The van der Waals surface area contributed by atoms with Crippen molar-refractivity contribution in [3.8, 4) is 12.8 Å². The van der Waals surface area contributed by atoms with Gasteiger partial charge in [0.1, 0.15) is 12.0 Å². The number of benzene rings is 2. The normalized spacial score (nSPS) is 16.2. The van der Waals surface area contributed by atoms with E-state index < -0.39 is 0 Å². The van der Waals surface area contributed by atoms with E-state index in [1.54, 1.807) is 23.9 Å². The molecule has 1 aliphatic heterocycles. The van der Waals surface area contributed by atoms with Crippen LogP contribution in [-0.2, 0) is 0 Å². The first-order chi connectivity index (χ1) is 14.4. The lowest BCUT2D eigenvalue weighted by Crippen LogP contribution is -2.40. The van der Waals surface area contributed by atoms with Gasteiger partial charge < -0.3 is 4.90 Å². The summed E-state index contributed by atoms with van der Waals surface area (Å²) >= 11 is 13.9. The minimum Gasteiger partial charge on any atom is -0.335 e. The Kier molecular flexibility index (Phi) is 9.10. The fraction of sp³-hybridized carbons (Fsp3) is 0.261. The Morgan fingerprint density at radius 3 is 2.47 bits per heavy atom. The van der Waals surface area contributed by atoms with Crippen LogP contribution in [-0.4, -0.2) is 47.6 Å². The molecule has 0 bridgehead atoms. The summed E-state index contributed by atoms with van der Waals surface area (Å²) in [5.41, 5.74) is 2.69. The van der Waals surface area contributed by atoms with Crippen LogP contribution in [0.2, 0.25) is 5.02 Å². The van der Waals surface area contributed by atoms with Crippen LogP contribution in [0.5, 0.6) is 0 Å². The molecular weight excluding hydrogens is 440 g/mol. The molecule has 7 heteroatoms. The predicted octanol–water partition coefficient (Wildman–Crippen LogP) is 5.91. The summed E-state index contributed by atoms with van der Waals surface area (Å²) in [5, 5.41) is 6.75. The molecule has 0 spiro atoms. The zero-order chi connectivity index (χ0) is 22.3. The number of amidine groups is 1. The fourth-order valence-corrected chi connectivity index (χ4v) is 4.81. The summed E-state index contributed by atoms with van der Waals surface area (Å²) in [7, 11) is 3.80. The molecule has 2 aromatic carbocycles. The van der Waals surface area contributed by atoms with Gasteiger partial charge in [-0.05, 0) is 24.6 Å². The highest BCUT2D eigenvalue weighted by Gasteiger charge is 2.32. The average molecular weight is 464 g/mol. The molecular formula is C23H24Cl2FN3S. The molecule has 30 heavy (non-hydrogen) atoms. The number of halogens is 3. The van der Waals surface area contributed by atoms with Gasteiger partial charge in [0.15, 0.2) is 5.84 Å². The molecule has 0 saturated carbocycles. The van der Waals surface area contributed by atoms with E-state index in [0.717, 1.165) is 16.2 Å². The quantitative estimate of drug-likeness (QED) is 0.391. The number of hydrazone groups is 1. The summed E-state index contributed by atoms with van der Waals surface area (Å²) in [5.74, 6) is 1.35. The van der Waals surface area contributed by atoms with E-state index in [2.05, 4.69) is 49.1 Å². The first kappa shape index (κ1) is 24.1. The maximum absolute atomic E-state index is 14.4. The predicted molar refractivity (Wildman–Crippen MR) is 129 cm³/mol. The molecule has 0 radical (unpaired) electrons. The Morgan fingerprint density at radius 2 is 1.87 bits per heavy atom. The second-order valence-corrected chi connectivity index (χ2v) is 8.36. The van der Waals surface area contributed by atoms with Gasteiger partial charge in [-0.3, -0.25) is 5.01 Å². The van der Waals surface area contributed by atoms with Gasteiger partial charge in [-0.25, -0.2) is 4.39 Å². The summed E-state index contributed by atoms with van der Waals surface area (Å²) in [4.78, 5) is 3.08. The number of allylic oxidation sites excluding steroid dienone is 1. The van der Waals surface area contributed by atoms with Crippen molar-refractivity contribution in [1.82, 2.24) is 9.91 Å². The molecule has 0 aromatic heterocycles. The summed E-state index contributed by atoms with van der Waals surface area (Å²) in [6, 6.07) is 13.1. The molecule has 158 valence electrons. The van der Waals surface area contributed by atoms with Crippen molar-refractivity contribution in [2.24, 2.45) is 5.10 Å². The van der Waals surface area contributed by atoms with Crippen LogP contribution < -0.4 is 0 Å². The number of hydrogen-bond donors (Lipinski definition) is 0. The van der Waals surface area contributed by atoms with E-state index in [1.165, 1.54) is 11.6 Å². The molecule has 1 aliphatic rings. The van der Waals surface area contributed by atoms with Crippen molar-refractivity contribution in [1.29, 1.82) is 0 Å². The van der Waals surface area contributed by atoms with Crippen molar-refractivity contribution in [2.75, 3.05) is 25.7 Å². The van der Waals surface area contributed by atoms with Crippen LogP contribution in [0.15, 0.2) is 53.6 Å². The van der Waals surface area contributed by atoms with Crippen molar-refractivity contribution in [3.63, 3.8) is 0 Å². The number of hydrogen-bond acceptors (Lipinski definition) is 4. The van der Waals surface area contributed by atoms with E-state index in [4.69, 9.17) is 23.2 Å². The molecule has 1 unspecified atom stereocenters. The topological polar surface area (TPSA) is 18.8 Å². The Hall–Kier alpha value is -2.13. The number of alkyl halides is 1. The number of rotatable bonds is 6.